The van der Waals surface area contributed by atoms with Crippen LogP contribution in [0, 0.1) is 0 Å². The summed E-state index contributed by atoms with van der Waals surface area (Å²) in [5, 5.41) is 18.5. The van der Waals surface area contributed by atoms with Gasteiger partial charge in [-0.3, -0.25) is 0 Å². The highest BCUT2D eigenvalue weighted by Gasteiger charge is 2.37. The van der Waals surface area contributed by atoms with Crippen molar-refractivity contribution in [1.29, 1.82) is 0 Å². The zero-order chi connectivity index (χ0) is 8.72. The first-order chi connectivity index (χ1) is 5.68. The minimum Gasteiger partial charge on any atom is -0.451 e. The zero-order valence-corrected chi connectivity index (χ0v) is 6.18. The largest absolute Gasteiger partial charge is 0.451 e. The van der Waals surface area contributed by atoms with E-state index in [4.69, 9.17) is 9.84 Å². The molecule has 0 bridgehead atoms. The quantitative estimate of drug-likeness (QED) is 0.461. The van der Waals surface area contributed by atoms with E-state index in [2.05, 4.69) is 0 Å². The van der Waals surface area contributed by atoms with Crippen LogP contribution < -0.4 is 0 Å². The molecule has 64 valence electrons. The van der Waals surface area contributed by atoms with Crippen molar-refractivity contribution >= 4 is 5.97 Å². The molecule has 4 nitrogen and oxygen atoms in total. The molecule has 0 aromatic carbocycles. The van der Waals surface area contributed by atoms with Crippen molar-refractivity contribution in [1.82, 2.24) is 0 Å². The predicted octanol–water partition coefficient (Wildman–Crippen LogP) is -0.870. The molecular weight excluding hydrogens is 160 g/mol. The van der Waals surface area contributed by atoms with Crippen LogP contribution >= 0.6 is 0 Å². The number of rotatable bonds is 0. The second-order valence-electron chi connectivity index (χ2n) is 2.84. The number of aliphatic hydroxyl groups excluding tert-OH is 2. The van der Waals surface area contributed by atoms with Gasteiger partial charge in [-0.25, -0.2) is 4.79 Å². The topological polar surface area (TPSA) is 66.8 Å². The average molecular weight is 168 g/mol. The number of aliphatic hydroxyl groups is 2. The third-order valence-electron chi connectivity index (χ3n) is 2.00. The fraction of sp³-hybridized carbons (Fsp3) is 0.375. The monoisotopic (exact) mass is 168 g/mol. The van der Waals surface area contributed by atoms with Crippen molar-refractivity contribution in [2.75, 3.05) is 0 Å². The van der Waals surface area contributed by atoms with Crippen molar-refractivity contribution in [2.45, 2.75) is 18.3 Å². The summed E-state index contributed by atoms with van der Waals surface area (Å²) in [7, 11) is 0. The van der Waals surface area contributed by atoms with Gasteiger partial charge in [0, 0.05) is 11.6 Å². The number of hydrogen-bond donors (Lipinski definition) is 2. The molecule has 3 atom stereocenters. The van der Waals surface area contributed by atoms with Gasteiger partial charge in [-0.2, -0.15) is 0 Å². The first-order valence-corrected chi connectivity index (χ1v) is 3.65. The fourth-order valence-electron chi connectivity index (χ4n) is 1.36. The average Bonchev–Trinajstić information content (AvgIpc) is 2.39. The summed E-state index contributed by atoms with van der Waals surface area (Å²) in [5.41, 5.74) is 0.623. The summed E-state index contributed by atoms with van der Waals surface area (Å²) in [5.74, 6) is -0.465. The van der Waals surface area contributed by atoms with Crippen LogP contribution in [-0.2, 0) is 9.53 Å². The van der Waals surface area contributed by atoms with Crippen LogP contribution in [-0.4, -0.2) is 34.5 Å². The van der Waals surface area contributed by atoms with Crippen LogP contribution in [0.5, 0.6) is 0 Å². The van der Waals surface area contributed by atoms with Crippen molar-refractivity contribution in [2.24, 2.45) is 0 Å². The van der Waals surface area contributed by atoms with Gasteiger partial charge in [-0.15, -0.1) is 0 Å². The Morgan fingerprint density at radius 3 is 2.92 bits per heavy atom. The molecule has 0 unspecified atom stereocenters. The van der Waals surface area contributed by atoms with Gasteiger partial charge in [-0.1, -0.05) is 12.2 Å². The van der Waals surface area contributed by atoms with Gasteiger partial charge in [-0.05, 0) is 0 Å². The van der Waals surface area contributed by atoms with Gasteiger partial charge < -0.3 is 14.9 Å². The second kappa shape index (κ2) is 2.43. The summed E-state index contributed by atoms with van der Waals surface area (Å²) in [6, 6.07) is 0. The molecule has 0 saturated carbocycles. The lowest BCUT2D eigenvalue weighted by Gasteiger charge is -2.25. The molecule has 1 aliphatic heterocycles. The highest BCUT2D eigenvalue weighted by molar-refractivity contribution is 5.87. The van der Waals surface area contributed by atoms with E-state index < -0.39 is 24.3 Å². The molecule has 0 aromatic rings. The van der Waals surface area contributed by atoms with Crippen molar-refractivity contribution in [3.05, 3.63) is 23.8 Å². The molecule has 0 amide bonds. The van der Waals surface area contributed by atoms with E-state index in [-0.39, 0.29) is 0 Å². The molecule has 2 rings (SSSR count). The highest BCUT2D eigenvalue weighted by Crippen LogP contribution is 2.26. The fourth-order valence-corrected chi connectivity index (χ4v) is 1.36. The van der Waals surface area contributed by atoms with Crippen molar-refractivity contribution < 1.29 is 19.7 Å². The Morgan fingerprint density at radius 1 is 1.42 bits per heavy atom. The van der Waals surface area contributed by atoms with Crippen LogP contribution in [0.2, 0.25) is 0 Å². The zero-order valence-electron chi connectivity index (χ0n) is 6.18. The van der Waals surface area contributed by atoms with Gasteiger partial charge in [0.1, 0.15) is 12.2 Å². The Hall–Kier alpha value is -1.13. The molecule has 0 spiro atoms. The Kier molecular flexibility index (Phi) is 1.52. The summed E-state index contributed by atoms with van der Waals surface area (Å²) in [4.78, 5) is 10.7. The first kappa shape index (κ1) is 7.52. The molecule has 4 heteroatoms. The lowest BCUT2D eigenvalue weighted by Crippen LogP contribution is -2.39. The van der Waals surface area contributed by atoms with E-state index in [0.717, 1.165) is 0 Å². The maximum absolute atomic E-state index is 10.7. The van der Waals surface area contributed by atoms with E-state index in [9.17, 15) is 9.90 Å². The minimum absolute atomic E-state index is 0.465. The number of fused-ring (bicyclic) bond motifs is 1. The number of esters is 1. The van der Waals surface area contributed by atoms with Crippen LogP contribution in [0.4, 0.5) is 0 Å². The molecule has 2 aliphatic rings. The number of carbonyl (C=O) groups is 1. The lowest BCUT2D eigenvalue weighted by atomic mass is 9.95. The molecule has 0 fully saturated rings. The third-order valence-corrected chi connectivity index (χ3v) is 2.00. The van der Waals surface area contributed by atoms with Crippen molar-refractivity contribution in [3.8, 4) is 0 Å². The minimum atomic E-state index is -1.03. The SMILES string of the molecule is O=C1C=C2C=C[C@H](O)[C@@H](O)[C@@H]2O1. The molecule has 0 radical (unpaired) electrons. The Balaban J connectivity index is 2.32. The highest BCUT2D eigenvalue weighted by atomic mass is 16.6. The van der Waals surface area contributed by atoms with Gasteiger partial charge in [0.25, 0.3) is 0 Å². The van der Waals surface area contributed by atoms with E-state index in [1.165, 1.54) is 12.2 Å². The van der Waals surface area contributed by atoms with Gasteiger partial charge in [0.2, 0.25) is 0 Å². The summed E-state index contributed by atoms with van der Waals surface area (Å²) < 4.78 is 4.76. The lowest BCUT2D eigenvalue weighted by molar-refractivity contribution is -0.145. The van der Waals surface area contributed by atoms with Crippen LogP contribution in [0.15, 0.2) is 23.8 Å². The number of hydrogen-bond acceptors (Lipinski definition) is 4. The van der Waals surface area contributed by atoms with Gasteiger partial charge in [0.05, 0.1) is 0 Å². The van der Waals surface area contributed by atoms with Crippen LogP contribution in [0.25, 0.3) is 0 Å². The summed E-state index contributed by atoms with van der Waals surface area (Å²) in [6.45, 7) is 0. The molecule has 12 heavy (non-hydrogen) atoms. The number of carbonyl (C=O) groups excluding carboxylic acids is 1. The second-order valence-corrected chi connectivity index (χ2v) is 2.84. The summed E-state index contributed by atoms with van der Waals surface area (Å²) >= 11 is 0. The van der Waals surface area contributed by atoms with Crippen molar-refractivity contribution in [3.63, 3.8) is 0 Å². The Bertz CT molecular complexity index is 279. The third kappa shape index (κ3) is 0.964. The first-order valence-electron chi connectivity index (χ1n) is 3.65. The normalized spacial score (nSPS) is 39.0. The smallest absolute Gasteiger partial charge is 0.331 e. The molecule has 1 heterocycles. The van der Waals surface area contributed by atoms with Crippen LogP contribution in [0.3, 0.4) is 0 Å². The van der Waals surface area contributed by atoms with E-state index in [1.54, 1.807) is 6.08 Å². The Morgan fingerprint density at radius 2 is 2.17 bits per heavy atom. The number of ether oxygens (including phenoxy) is 1. The molecule has 2 N–H and O–H groups in total. The van der Waals surface area contributed by atoms with Crippen LogP contribution in [0.1, 0.15) is 0 Å². The maximum atomic E-state index is 10.7. The molecule has 1 aliphatic carbocycles. The van der Waals surface area contributed by atoms with E-state index in [0.29, 0.717) is 5.57 Å². The molecular formula is C8H8O4. The molecule has 0 saturated heterocycles. The van der Waals surface area contributed by atoms with Gasteiger partial charge >= 0.3 is 5.97 Å². The Labute approximate surface area is 68.8 Å². The maximum Gasteiger partial charge on any atom is 0.331 e. The standard InChI is InChI=1S/C8H8O4/c9-5-2-1-4-3-6(10)12-8(4)7(5)11/h1-3,5,7-9,11H/t5-,7+,8+/m0/s1. The molecule has 0 aromatic heterocycles. The van der Waals surface area contributed by atoms with Gasteiger partial charge in [0.15, 0.2) is 6.10 Å². The van der Waals surface area contributed by atoms with E-state index in [1.807, 2.05) is 0 Å². The summed E-state index contributed by atoms with van der Waals surface area (Å²) in [6.07, 6.45) is 1.68. The predicted molar refractivity (Wildman–Crippen MR) is 39.1 cm³/mol. The van der Waals surface area contributed by atoms with E-state index >= 15 is 0 Å².